The van der Waals surface area contributed by atoms with Gasteiger partial charge in [0, 0.05) is 24.0 Å². The fourth-order valence-corrected chi connectivity index (χ4v) is 1.62. The van der Waals surface area contributed by atoms with Gasteiger partial charge < -0.3 is 10.0 Å². The predicted molar refractivity (Wildman–Crippen MR) is 69.0 cm³/mol. The molecular weight excluding hydrogens is 214 g/mol. The molecule has 1 N–H and O–H groups in total. The molecule has 0 spiro atoms. The van der Waals surface area contributed by atoms with Crippen LogP contribution in [0.15, 0.2) is 36.0 Å². The van der Waals surface area contributed by atoms with Gasteiger partial charge >= 0.3 is 5.97 Å². The molecule has 0 saturated carbocycles. The number of terminal acetylenes is 1. The summed E-state index contributed by atoms with van der Waals surface area (Å²) in [7, 11) is 0. The molecule has 1 rings (SSSR count). The summed E-state index contributed by atoms with van der Waals surface area (Å²) in [5.74, 6) is 1.56. The minimum absolute atomic E-state index is 0.281. The van der Waals surface area contributed by atoms with Crippen molar-refractivity contribution < 1.29 is 9.90 Å². The fourth-order valence-electron chi connectivity index (χ4n) is 1.62. The van der Waals surface area contributed by atoms with Crippen LogP contribution >= 0.6 is 0 Å². The first-order valence-corrected chi connectivity index (χ1v) is 5.34. The normalized spacial score (nSPS) is 10.8. The summed E-state index contributed by atoms with van der Waals surface area (Å²) in [4.78, 5) is 12.8. The van der Waals surface area contributed by atoms with Crippen molar-refractivity contribution in [1.29, 1.82) is 0 Å². The van der Waals surface area contributed by atoms with E-state index < -0.39 is 5.97 Å². The van der Waals surface area contributed by atoms with Gasteiger partial charge in [-0.05, 0) is 38.1 Å². The largest absolute Gasteiger partial charge is 0.478 e. The van der Waals surface area contributed by atoms with Crippen LogP contribution < -0.4 is 4.90 Å². The van der Waals surface area contributed by atoms with Gasteiger partial charge in [0.2, 0.25) is 0 Å². The van der Waals surface area contributed by atoms with Gasteiger partial charge in [-0.1, -0.05) is 5.92 Å². The van der Waals surface area contributed by atoms with Crippen LogP contribution in [-0.4, -0.2) is 17.6 Å². The quantitative estimate of drug-likeness (QED) is 0.807. The van der Waals surface area contributed by atoms with Crippen molar-refractivity contribution >= 4 is 11.7 Å². The van der Waals surface area contributed by atoms with E-state index in [0.29, 0.717) is 0 Å². The number of hydrogen-bond acceptors (Lipinski definition) is 2. The first-order chi connectivity index (χ1) is 8.10. The highest BCUT2D eigenvalue weighted by Gasteiger charge is 2.07. The molecular formula is C14H15NO2. The summed E-state index contributed by atoms with van der Waals surface area (Å²) < 4.78 is 0. The molecule has 0 unspecified atom stereocenters. The van der Waals surface area contributed by atoms with Crippen LogP contribution in [0.25, 0.3) is 0 Å². The van der Waals surface area contributed by atoms with Gasteiger partial charge in [-0.15, -0.1) is 6.42 Å². The van der Waals surface area contributed by atoms with Gasteiger partial charge in [0.1, 0.15) is 0 Å². The lowest BCUT2D eigenvalue weighted by Crippen LogP contribution is -2.20. The molecule has 0 amide bonds. The molecule has 0 aliphatic rings. The van der Waals surface area contributed by atoms with Crippen LogP contribution in [0, 0.1) is 12.3 Å². The summed E-state index contributed by atoms with van der Waals surface area (Å²) in [6.07, 6.45) is 6.92. The van der Waals surface area contributed by atoms with Crippen molar-refractivity contribution in [1.82, 2.24) is 0 Å². The van der Waals surface area contributed by atoms with E-state index in [0.717, 1.165) is 17.9 Å². The van der Waals surface area contributed by atoms with E-state index >= 15 is 0 Å². The van der Waals surface area contributed by atoms with Crippen LogP contribution in [0.1, 0.15) is 24.2 Å². The molecule has 0 aromatic heterocycles. The highest BCUT2D eigenvalue weighted by atomic mass is 16.4. The summed E-state index contributed by atoms with van der Waals surface area (Å²) in [5, 5.41) is 8.81. The van der Waals surface area contributed by atoms with Crippen molar-refractivity contribution in [2.24, 2.45) is 0 Å². The molecule has 0 fully saturated rings. The van der Waals surface area contributed by atoms with Gasteiger partial charge in [-0.3, -0.25) is 0 Å². The monoisotopic (exact) mass is 229 g/mol. The maximum atomic E-state index is 10.7. The molecule has 0 aliphatic heterocycles. The van der Waals surface area contributed by atoms with Crippen LogP contribution in [-0.2, 0) is 0 Å². The number of aromatic carboxylic acids is 1. The summed E-state index contributed by atoms with van der Waals surface area (Å²) in [5.41, 5.74) is 2.17. The molecule has 1 aromatic rings. The van der Waals surface area contributed by atoms with Crippen molar-refractivity contribution in [3.8, 4) is 12.3 Å². The summed E-state index contributed by atoms with van der Waals surface area (Å²) >= 11 is 0. The molecule has 0 saturated heterocycles. The Morgan fingerprint density at radius 1 is 1.47 bits per heavy atom. The SMILES string of the molecule is C#C/C=C(/C)N(CC)c1ccc(C(=O)O)cc1. The molecule has 0 aliphatic carbocycles. The number of nitrogens with zero attached hydrogens (tertiary/aromatic N) is 1. The Bertz CT molecular complexity index is 466. The van der Waals surface area contributed by atoms with Crippen molar-refractivity contribution in [3.63, 3.8) is 0 Å². The molecule has 3 nitrogen and oxygen atoms in total. The van der Waals surface area contributed by atoms with E-state index in [9.17, 15) is 4.79 Å². The van der Waals surface area contributed by atoms with E-state index in [4.69, 9.17) is 11.5 Å². The molecule has 0 atom stereocenters. The molecule has 0 heterocycles. The van der Waals surface area contributed by atoms with E-state index in [2.05, 4.69) is 5.92 Å². The maximum absolute atomic E-state index is 10.7. The summed E-state index contributed by atoms with van der Waals surface area (Å²) in [6.45, 7) is 4.71. The van der Waals surface area contributed by atoms with Gasteiger partial charge in [0.25, 0.3) is 0 Å². The average Bonchev–Trinajstić information content (AvgIpc) is 2.31. The number of carboxylic acids is 1. The van der Waals surface area contributed by atoms with Crippen LogP contribution in [0.5, 0.6) is 0 Å². The van der Waals surface area contributed by atoms with Crippen LogP contribution in [0.2, 0.25) is 0 Å². The Labute approximate surface area is 101 Å². The van der Waals surface area contributed by atoms with Gasteiger partial charge in [-0.25, -0.2) is 4.79 Å². The molecule has 1 aromatic carbocycles. The zero-order valence-corrected chi connectivity index (χ0v) is 9.97. The van der Waals surface area contributed by atoms with E-state index in [1.54, 1.807) is 30.3 Å². The number of benzene rings is 1. The molecule has 88 valence electrons. The number of carboxylic acid groups (broad SMARTS) is 1. The minimum atomic E-state index is -0.921. The second kappa shape index (κ2) is 5.76. The van der Waals surface area contributed by atoms with Crippen molar-refractivity contribution in [3.05, 3.63) is 41.6 Å². The van der Waals surface area contributed by atoms with Gasteiger partial charge in [0.05, 0.1) is 5.56 Å². The zero-order valence-electron chi connectivity index (χ0n) is 9.97. The third-order valence-corrected chi connectivity index (χ3v) is 2.46. The number of hydrogen-bond donors (Lipinski definition) is 1. The minimum Gasteiger partial charge on any atom is -0.478 e. The average molecular weight is 229 g/mol. The second-order valence-electron chi connectivity index (χ2n) is 3.55. The first-order valence-electron chi connectivity index (χ1n) is 5.34. The third-order valence-electron chi connectivity index (χ3n) is 2.46. The lowest BCUT2D eigenvalue weighted by atomic mass is 10.2. The number of anilines is 1. The van der Waals surface area contributed by atoms with Gasteiger partial charge in [0.15, 0.2) is 0 Å². The number of rotatable bonds is 4. The Morgan fingerprint density at radius 2 is 2.06 bits per heavy atom. The standard InChI is InChI=1S/C14H15NO2/c1-4-6-11(3)15(5-2)13-9-7-12(8-10-13)14(16)17/h1,6-10H,5H2,2-3H3,(H,16,17)/b11-6-. The topological polar surface area (TPSA) is 40.5 Å². The number of carbonyl (C=O) groups is 1. The predicted octanol–water partition coefficient (Wildman–Crippen LogP) is 2.75. The zero-order chi connectivity index (χ0) is 12.8. The first kappa shape index (κ1) is 12.9. The van der Waals surface area contributed by atoms with E-state index in [-0.39, 0.29) is 5.56 Å². The fraction of sp³-hybridized carbons (Fsp3) is 0.214. The lowest BCUT2D eigenvalue weighted by molar-refractivity contribution is 0.0697. The van der Waals surface area contributed by atoms with Crippen molar-refractivity contribution in [2.45, 2.75) is 13.8 Å². The Morgan fingerprint density at radius 3 is 2.47 bits per heavy atom. The van der Waals surface area contributed by atoms with Gasteiger partial charge in [-0.2, -0.15) is 0 Å². The highest BCUT2D eigenvalue weighted by Crippen LogP contribution is 2.19. The maximum Gasteiger partial charge on any atom is 0.335 e. The molecule has 0 bridgehead atoms. The molecule has 0 radical (unpaired) electrons. The number of allylic oxidation sites excluding steroid dienone is 2. The van der Waals surface area contributed by atoms with E-state index in [1.807, 2.05) is 18.7 Å². The Hall–Kier alpha value is -2.21. The van der Waals surface area contributed by atoms with E-state index in [1.165, 1.54) is 0 Å². The highest BCUT2D eigenvalue weighted by molar-refractivity contribution is 5.88. The molecule has 17 heavy (non-hydrogen) atoms. The second-order valence-corrected chi connectivity index (χ2v) is 3.55. The smallest absolute Gasteiger partial charge is 0.335 e. The van der Waals surface area contributed by atoms with Crippen molar-refractivity contribution in [2.75, 3.05) is 11.4 Å². The Kier molecular flexibility index (Phi) is 4.36. The Balaban J connectivity index is 3.02. The van der Waals surface area contributed by atoms with Crippen LogP contribution in [0.4, 0.5) is 5.69 Å². The lowest BCUT2D eigenvalue weighted by Gasteiger charge is -2.23. The summed E-state index contributed by atoms with van der Waals surface area (Å²) in [6, 6.07) is 6.73. The third kappa shape index (κ3) is 3.12. The van der Waals surface area contributed by atoms with Crippen LogP contribution in [0.3, 0.4) is 0 Å². The molecule has 3 heteroatoms.